The average molecular weight is 253 g/mol. The fourth-order valence-electron chi connectivity index (χ4n) is 1.78. The van der Waals surface area contributed by atoms with Crippen LogP contribution in [0, 0.1) is 0 Å². The molecule has 0 aliphatic heterocycles. The first kappa shape index (κ1) is 11.4. The predicted molar refractivity (Wildman–Crippen MR) is 69.0 cm³/mol. The minimum absolute atomic E-state index is 0.0396. The number of phenols is 1. The number of allylic oxidation sites excluding steroid dienone is 2. The summed E-state index contributed by atoms with van der Waals surface area (Å²) in [5.41, 5.74) is 3.78. The Labute approximate surface area is 104 Å². The van der Waals surface area contributed by atoms with Gasteiger partial charge in [0.1, 0.15) is 5.75 Å². The molecule has 0 bridgehead atoms. The fraction of sp³-hybridized carbons (Fsp3) is 0.182. The summed E-state index contributed by atoms with van der Waals surface area (Å²) < 4.78 is 0. The molecule has 0 aromatic heterocycles. The van der Waals surface area contributed by atoms with Gasteiger partial charge in [0.2, 0.25) is 0 Å². The molecular formula is C11H11NO2S2. The van der Waals surface area contributed by atoms with E-state index in [4.69, 9.17) is 17.4 Å². The molecule has 0 saturated carbocycles. The van der Waals surface area contributed by atoms with Gasteiger partial charge in [0.05, 0.1) is 5.70 Å². The average Bonchev–Trinajstić information content (AvgIpc) is 2.57. The number of aromatic hydroxyl groups is 1. The molecule has 1 aromatic rings. The molecule has 1 aliphatic rings. The van der Waals surface area contributed by atoms with Crippen LogP contribution in [0.2, 0.25) is 0 Å². The van der Waals surface area contributed by atoms with Crippen molar-refractivity contribution in [3.63, 3.8) is 0 Å². The number of nitrogens with one attached hydrogen (secondary N) is 1. The van der Waals surface area contributed by atoms with Gasteiger partial charge in [-0.05, 0) is 17.7 Å². The molecule has 1 aliphatic carbocycles. The molecule has 3 nitrogen and oxygen atoms in total. The smallest absolute Gasteiger partial charge is 0.115 e. The lowest BCUT2D eigenvalue weighted by atomic mass is 9.96. The normalized spacial score (nSPS) is 20.4. The summed E-state index contributed by atoms with van der Waals surface area (Å²) in [6, 6.07) is 6.91. The summed E-state index contributed by atoms with van der Waals surface area (Å²) in [7, 11) is 0. The van der Waals surface area contributed by atoms with Crippen molar-refractivity contribution < 1.29 is 10.3 Å². The Kier molecular flexibility index (Phi) is 3.18. The van der Waals surface area contributed by atoms with Gasteiger partial charge in [0.15, 0.2) is 0 Å². The molecule has 3 N–H and O–H groups in total. The Morgan fingerprint density at radius 3 is 2.44 bits per heavy atom. The Bertz CT molecular complexity index is 454. The van der Waals surface area contributed by atoms with Gasteiger partial charge in [-0.1, -0.05) is 24.4 Å². The molecule has 16 heavy (non-hydrogen) atoms. The van der Waals surface area contributed by atoms with Crippen molar-refractivity contribution in [2.24, 2.45) is 0 Å². The molecular weight excluding hydrogens is 242 g/mol. The SMILES string of the molecule is ONC1=C(S)C(=S)C(c2ccc(O)cc2)C1. The highest BCUT2D eigenvalue weighted by Gasteiger charge is 2.29. The van der Waals surface area contributed by atoms with Gasteiger partial charge in [-0.15, -0.1) is 12.6 Å². The quantitative estimate of drug-likeness (QED) is 0.371. The maximum atomic E-state index is 9.20. The van der Waals surface area contributed by atoms with Crippen LogP contribution in [0.3, 0.4) is 0 Å². The predicted octanol–water partition coefficient (Wildman–Crippen LogP) is 2.37. The first-order valence-electron chi connectivity index (χ1n) is 4.79. The van der Waals surface area contributed by atoms with E-state index in [1.54, 1.807) is 12.1 Å². The number of hydroxylamine groups is 1. The monoisotopic (exact) mass is 253 g/mol. The number of benzene rings is 1. The number of hydrogen-bond acceptors (Lipinski definition) is 5. The van der Waals surface area contributed by atoms with Crippen LogP contribution in [0.25, 0.3) is 0 Å². The molecule has 0 fully saturated rings. The summed E-state index contributed by atoms with van der Waals surface area (Å²) in [4.78, 5) is 1.35. The van der Waals surface area contributed by atoms with E-state index in [9.17, 15) is 5.11 Å². The van der Waals surface area contributed by atoms with E-state index in [1.165, 1.54) is 0 Å². The maximum absolute atomic E-state index is 9.20. The summed E-state index contributed by atoms with van der Waals surface area (Å²) in [6.07, 6.45) is 0.610. The number of thiocarbonyl (C=S) groups is 1. The van der Waals surface area contributed by atoms with E-state index < -0.39 is 0 Å². The van der Waals surface area contributed by atoms with Gasteiger partial charge in [-0.2, -0.15) is 0 Å². The number of phenolic OH excluding ortho intramolecular Hbond substituents is 1. The van der Waals surface area contributed by atoms with Crippen LogP contribution < -0.4 is 5.48 Å². The van der Waals surface area contributed by atoms with E-state index in [-0.39, 0.29) is 11.7 Å². The van der Waals surface area contributed by atoms with Crippen LogP contribution in [0.1, 0.15) is 17.9 Å². The van der Waals surface area contributed by atoms with Crippen LogP contribution in [-0.4, -0.2) is 15.2 Å². The van der Waals surface area contributed by atoms with E-state index >= 15 is 0 Å². The second kappa shape index (κ2) is 4.45. The third kappa shape index (κ3) is 1.93. The third-order valence-corrected chi connectivity index (χ3v) is 3.83. The lowest BCUT2D eigenvalue weighted by Crippen LogP contribution is -2.06. The van der Waals surface area contributed by atoms with Crippen molar-refractivity contribution in [2.45, 2.75) is 12.3 Å². The topological polar surface area (TPSA) is 52.5 Å². The lowest BCUT2D eigenvalue weighted by molar-refractivity contribution is 0.196. The van der Waals surface area contributed by atoms with E-state index in [2.05, 4.69) is 18.1 Å². The molecule has 0 spiro atoms. The van der Waals surface area contributed by atoms with E-state index in [0.717, 1.165) is 5.56 Å². The molecule has 1 atom stereocenters. The Morgan fingerprint density at radius 1 is 1.31 bits per heavy atom. The maximum Gasteiger partial charge on any atom is 0.115 e. The lowest BCUT2D eigenvalue weighted by Gasteiger charge is -2.11. The summed E-state index contributed by atoms with van der Waals surface area (Å²) in [5.74, 6) is 0.268. The van der Waals surface area contributed by atoms with Crippen LogP contribution in [0.5, 0.6) is 5.75 Å². The van der Waals surface area contributed by atoms with Crippen molar-refractivity contribution in [2.75, 3.05) is 0 Å². The molecule has 1 unspecified atom stereocenters. The minimum Gasteiger partial charge on any atom is -0.508 e. The van der Waals surface area contributed by atoms with Crippen LogP contribution in [0.15, 0.2) is 34.9 Å². The zero-order valence-electron chi connectivity index (χ0n) is 8.34. The van der Waals surface area contributed by atoms with Crippen molar-refractivity contribution in [3.05, 3.63) is 40.4 Å². The Morgan fingerprint density at radius 2 is 1.94 bits per heavy atom. The van der Waals surface area contributed by atoms with Gasteiger partial charge in [-0.3, -0.25) is 10.7 Å². The zero-order chi connectivity index (χ0) is 11.7. The summed E-state index contributed by atoms with van der Waals surface area (Å²) in [6.45, 7) is 0. The van der Waals surface area contributed by atoms with E-state index in [0.29, 0.717) is 21.9 Å². The fourth-order valence-corrected chi connectivity index (χ4v) is 2.42. The zero-order valence-corrected chi connectivity index (χ0v) is 10.1. The largest absolute Gasteiger partial charge is 0.508 e. The molecule has 0 amide bonds. The first-order valence-corrected chi connectivity index (χ1v) is 5.64. The molecule has 0 saturated heterocycles. The highest BCUT2D eigenvalue weighted by molar-refractivity contribution is 7.90. The van der Waals surface area contributed by atoms with Crippen molar-refractivity contribution in [1.29, 1.82) is 0 Å². The third-order valence-electron chi connectivity index (χ3n) is 2.67. The Hall–Kier alpha value is -1.04. The Balaban J connectivity index is 2.27. The van der Waals surface area contributed by atoms with Gasteiger partial charge in [0.25, 0.3) is 0 Å². The molecule has 5 heteroatoms. The second-order valence-corrected chi connectivity index (χ2v) is 4.54. The van der Waals surface area contributed by atoms with Crippen LogP contribution in [-0.2, 0) is 0 Å². The molecule has 0 heterocycles. The summed E-state index contributed by atoms with van der Waals surface area (Å²) in [5, 5.41) is 18.1. The van der Waals surface area contributed by atoms with Gasteiger partial charge >= 0.3 is 0 Å². The van der Waals surface area contributed by atoms with Crippen molar-refractivity contribution >= 4 is 29.7 Å². The molecule has 0 radical (unpaired) electrons. The van der Waals surface area contributed by atoms with Gasteiger partial charge < -0.3 is 5.11 Å². The number of hydrogen-bond donors (Lipinski definition) is 4. The number of rotatable bonds is 2. The summed E-state index contributed by atoms with van der Waals surface area (Å²) >= 11 is 9.53. The van der Waals surface area contributed by atoms with Crippen LogP contribution in [0.4, 0.5) is 0 Å². The van der Waals surface area contributed by atoms with E-state index in [1.807, 2.05) is 12.1 Å². The van der Waals surface area contributed by atoms with Crippen molar-refractivity contribution in [1.82, 2.24) is 5.48 Å². The second-order valence-electron chi connectivity index (χ2n) is 3.65. The molecule has 84 valence electrons. The molecule has 1 aromatic carbocycles. The minimum atomic E-state index is 0.0396. The van der Waals surface area contributed by atoms with Crippen molar-refractivity contribution in [3.8, 4) is 5.75 Å². The molecule has 2 rings (SSSR count). The highest BCUT2D eigenvalue weighted by atomic mass is 32.1. The van der Waals surface area contributed by atoms with Gasteiger partial charge in [0, 0.05) is 22.1 Å². The standard InChI is InChI=1S/C11H11NO2S2/c13-7-3-1-6(2-4-7)8-5-9(12-14)11(16)10(8)15/h1-4,8,12-14,16H,5H2. The van der Waals surface area contributed by atoms with Gasteiger partial charge in [-0.25, -0.2) is 0 Å². The highest BCUT2D eigenvalue weighted by Crippen LogP contribution is 2.37. The first-order chi connectivity index (χ1) is 7.63. The van der Waals surface area contributed by atoms with Crippen LogP contribution >= 0.6 is 24.8 Å². The number of thiol groups is 1.